The first-order valence-corrected chi connectivity index (χ1v) is 12.9. The molecule has 0 radical (unpaired) electrons. The van der Waals surface area contributed by atoms with E-state index in [0.717, 1.165) is 18.4 Å². The molecule has 0 bridgehead atoms. The number of hydrogen-bond acceptors (Lipinski definition) is 5. The SMILES string of the molecule is CCCC(C)NC(=O)C(c1ccccc1)N(CC)C(=O)C(Cc1ccc(O)cc1)NC(=O)OC(C)(C)C. The smallest absolute Gasteiger partial charge is 0.408 e. The lowest BCUT2D eigenvalue weighted by atomic mass is 10.00. The van der Waals surface area contributed by atoms with Gasteiger partial charge in [0.05, 0.1) is 0 Å². The van der Waals surface area contributed by atoms with Gasteiger partial charge in [-0.05, 0) is 64.3 Å². The minimum absolute atomic E-state index is 0.0507. The van der Waals surface area contributed by atoms with E-state index in [1.807, 2.05) is 44.2 Å². The van der Waals surface area contributed by atoms with Gasteiger partial charge in [0.1, 0.15) is 23.4 Å². The van der Waals surface area contributed by atoms with Gasteiger partial charge in [-0.2, -0.15) is 0 Å². The second-order valence-electron chi connectivity index (χ2n) is 10.2. The summed E-state index contributed by atoms with van der Waals surface area (Å²) >= 11 is 0. The molecule has 0 spiro atoms. The van der Waals surface area contributed by atoms with Crippen molar-refractivity contribution in [1.29, 1.82) is 0 Å². The Kier molecular flexibility index (Phi) is 11.0. The predicted octanol–water partition coefficient (Wildman–Crippen LogP) is 4.72. The number of nitrogens with zero attached hydrogens (tertiary/aromatic N) is 1. The number of phenolic OH excluding ortho intramolecular Hbond substituents is 1. The lowest BCUT2D eigenvalue weighted by Gasteiger charge is -2.34. The molecular formula is C29H41N3O5. The van der Waals surface area contributed by atoms with Gasteiger partial charge >= 0.3 is 6.09 Å². The lowest BCUT2D eigenvalue weighted by Crippen LogP contribution is -2.54. The molecule has 2 aromatic carbocycles. The molecule has 8 nitrogen and oxygen atoms in total. The van der Waals surface area contributed by atoms with Crippen LogP contribution in [0.2, 0.25) is 0 Å². The number of amides is 3. The third kappa shape index (κ3) is 9.44. The van der Waals surface area contributed by atoms with Crippen molar-refractivity contribution < 1.29 is 24.2 Å². The van der Waals surface area contributed by atoms with E-state index >= 15 is 0 Å². The molecule has 2 aromatic rings. The van der Waals surface area contributed by atoms with Crippen LogP contribution in [0.3, 0.4) is 0 Å². The molecule has 3 atom stereocenters. The Labute approximate surface area is 220 Å². The number of carbonyl (C=O) groups excluding carboxylic acids is 3. The summed E-state index contributed by atoms with van der Waals surface area (Å²) in [6, 6.07) is 13.7. The van der Waals surface area contributed by atoms with Gasteiger partial charge in [0, 0.05) is 19.0 Å². The number of phenols is 1. The molecule has 0 saturated heterocycles. The number of hydrogen-bond donors (Lipinski definition) is 3. The maximum absolute atomic E-state index is 14.0. The molecule has 2 rings (SSSR count). The Bertz CT molecular complexity index is 1020. The Morgan fingerprint density at radius 2 is 1.59 bits per heavy atom. The van der Waals surface area contributed by atoms with Crippen LogP contribution in [0.4, 0.5) is 4.79 Å². The number of ether oxygens (including phenoxy) is 1. The monoisotopic (exact) mass is 511 g/mol. The summed E-state index contributed by atoms with van der Waals surface area (Å²) in [6.45, 7) is 11.3. The molecule has 202 valence electrons. The van der Waals surface area contributed by atoms with Crippen molar-refractivity contribution in [3.05, 3.63) is 65.7 Å². The van der Waals surface area contributed by atoms with Crippen molar-refractivity contribution in [3.8, 4) is 5.75 Å². The van der Waals surface area contributed by atoms with Crippen molar-refractivity contribution >= 4 is 17.9 Å². The van der Waals surface area contributed by atoms with Crippen LogP contribution >= 0.6 is 0 Å². The first-order chi connectivity index (χ1) is 17.4. The minimum Gasteiger partial charge on any atom is -0.508 e. The van der Waals surface area contributed by atoms with Crippen LogP contribution in [-0.4, -0.2) is 52.1 Å². The van der Waals surface area contributed by atoms with Gasteiger partial charge in [0.25, 0.3) is 0 Å². The topological polar surface area (TPSA) is 108 Å². The average Bonchev–Trinajstić information content (AvgIpc) is 2.82. The zero-order valence-electron chi connectivity index (χ0n) is 22.8. The number of benzene rings is 2. The number of nitrogens with one attached hydrogen (secondary N) is 2. The molecule has 0 fully saturated rings. The average molecular weight is 512 g/mol. The molecule has 0 aliphatic rings. The predicted molar refractivity (Wildman–Crippen MR) is 144 cm³/mol. The lowest BCUT2D eigenvalue weighted by molar-refractivity contribution is -0.142. The fraction of sp³-hybridized carbons (Fsp3) is 0.483. The molecule has 0 aliphatic carbocycles. The van der Waals surface area contributed by atoms with E-state index in [1.165, 1.54) is 17.0 Å². The van der Waals surface area contributed by atoms with Gasteiger partial charge in [-0.25, -0.2) is 4.79 Å². The van der Waals surface area contributed by atoms with Crippen LogP contribution in [0.25, 0.3) is 0 Å². The summed E-state index contributed by atoms with van der Waals surface area (Å²) in [5, 5.41) is 15.4. The molecular weight excluding hydrogens is 470 g/mol. The Morgan fingerprint density at radius 3 is 2.14 bits per heavy atom. The van der Waals surface area contributed by atoms with Crippen LogP contribution in [0.1, 0.15) is 71.6 Å². The molecule has 3 unspecified atom stereocenters. The van der Waals surface area contributed by atoms with E-state index < -0.39 is 29.7 Å². The molecule has 0 saturated carbocycles. The molecule has 37 heavy (non-hydrogen) atoms. The molecule has 3 amide bonds. The van der Waals surface area contributed by atoms with Crippen molar-refractivity contribution in [2.24, 2.45) is 0 Å². The van der Waals surface area contributed by atoms with Crippen LogP contribution in [0.15, 0.2) is 54.6 Å². The van der Waals surface area contributed by atoms with Gasteiger partial charge < -0.3 is 25.4 Å². The van der Waals surface area contributed by atoms with Gasteiger partial charge in [0.15, 0.2) is 0 Å². The quantitative estimate of drug-likeness (QED) is 0.405. The van der Waals surface area contributed by atoms with Crippen LogP contribution in [-0.2, 0) is 20.7 Å². The van der Waals surface area contributed by atoms with E-state index in [-0.39, 0.29) is 30.7 Å². The third-order valence-corrected chi connectivity index (χ3v) is 5.77. The van der Waals surface area contributed by atoms with Crippen molar-refractivity contribution in [3.63, 3.8) is 0 Å². The fourth-order valence-corrected chi connectivity index (χ4v) is 4.12. The minimum atomic E-state index is -0.994. The van der Waals surface area contributed by atoms with E-state index in [0.29, 0.717) is 5.56 Å². The normalized spacial score (nSPS) is 13.7. The molecule has 8 heteroatoms. The number of likely N-dealkylation sites (N-methyl/N-ethyl adjacent to an activating group) is 1. The maximum atomic E-state index is 14.0. The summed E-state index contributed by atoms with van der Waals surface area (Å²) in [6.07, 6.45) is 1.17. The maximum Gasteiger partial charge on any atom is 0.408 e. The highest BCUT2D eigenvalue weighted by atomic mass is 16.6. The van der Waals surface area contributed by atoms with Crippen LogP contribution in [0.5, 0.6) is 5.75 Å². The number of aromatic hydroxyl groups is 1. The van der Waals surface area contributed by atoms with Crippen molar-refractivity contribution in [2.45, 2.75) is 84.5 Å². The van der Waals surface area contributed by atoms with Gasteiger partial charge in [-0.1, -0.05) is 55.8 Å². The first-order valence-electron chi connectivity index (χ1n) is 12.9. The van der Waals surface area contributed by atoms with Gasteiger partial charge in [-0.15, -0.1) is 0 Å². The Hall–Kier alpha value is -3.55. The zero-order valence-corrected chi connectivity index (χ0v) is 22.8. The van der Waals surface area contributed by atoms with E-state index in [9.17, 15) is 19.5 Å². The highest BCUT2D eigenvalue weighted by molar-refractivity contribution is 5.92. The molecule has 0 aliphatic heterocycles. The summed E-state index contributed by atoms with van der Waals surface area (Å²) in [5.41, 5.74) is 0.669. The van der Waals surface area contributed by atoms with E-state index in [1.54, 1.807) is 32.9 Å². The second kappa shape index (κ2) is 13.7. The first kappa shape index (κ1) is 29.7. The number of carbonyl (C=O) groups is 3. The van der Waals surface area contributed by atoms with Crippen molar-refractivity contribution in [2.75, 3.05) is 6.54 Å². The molecule has 0 heterocycles. The van der Waals surface area contributed by atoms with Gasteiger partial charge in [-0.3, -0.25) is 9.59 Å². The number of alkyl carbamates (subject to hydrolysis) is 1. The zero-order chi connectivity index (χ0) is 27.6. The summed E-state index contributed by atoms with van der Waals surface area (Å²) in [7, 11) is 0. The highest BCUT2D eigenvalue weighted by Gasteiger charge is 2.35. The van der Waals surface area contributed by atoms with Crippen molar-refractivity contribution in [1.82, 2.24) is 15.5 Å². The fourth-order valence-electron chi connectivity index (χ4n) is 4.12. The van der Waals surface area contributed by atoms with Gasteiger partial charge in [0.2, 0.25) is 11.8 Å². The summed E-state index contributed by atoms with van der Waals surface area (Å²) in [5.74, 6) is -0.583. The summed E-state index contributed by atoms with van der Waals surface area (Å²) < 4.78 is 5.42. The molecule has 3 N–H and O–H groups in total. The van der Waals surface area contributed by atoms with Crippen LogP contribution < -0.4 is 10.6 Å². The molecule has 0 aromatic heterocycles. The summed E-state index contributed by atoms with van der Waals surface area (Å²) in [4.78, 5) is 41.7. The van der Waals surface area contributed by atoms with E-state index in [4.69, 9.17) is 4.74 Å². The standard InChI is InChI=1S/C29H41N3O5/c1-7-12-20(3)30-26(34)25(22-13-10-9-11-14-22)32(8-2)27(35)24(31-28(36)37-29(4,5)6)19-21-15-17-23(33)18-16-21/h9-11,13-18,20,24-25,33H,7-8,12,19H2,1-6H3,(H,30,34)(H,31,36). The second-order valence-corrected chi connectivity index (χ2v) is 10.2. The Balaban J connectivity index is 2.43. The highest BCUT2D eigenvalue weighted by Crippen LogP contribution is 2.24. The number of rotatable bonds is 11. The largest absolute Gasteiger partial charge is 0.508 e. The van der Waals surface area contributed by atoms with E-state index in [2.05, 4.69) is 17.6 Å². The third-order valence-electron chi connectivity index (χ3n) is 5.77. The Morgan fingerprint density at radius 1 is 0.973 bits per heavy atom. The van der Waals surface area contributed by atoms with Crippen LogP contribution in [0, 0.1) is 0 Å².